The molecular weight excluding hydrogens is 246 g/mol. The van der Waals surface area contributed by atoms with Gasteiger partial charge < -0.3 is 10.1 Å². The largest absolute Gasteiger partial charge is 0.378 e. The molecule has 0 bridgehead atoms. The van der Waals surface area contributed by atoms with E-state index in [1.54, 1.807) is 0 Å². The molecule has 1 aromatic rings. The fourth-order valence-corrected chi connectivity index (χ4v) is 3.74. The molecule has 1 unspecified atom stereocenters. The first-order valence-electron chi connectivity index (χ1n) is 8.07. The van der Waals surface area contributed by atoms with Crippen LogP contribution in [0.5, 0.6) is 0 Å². The first-order chi connectivity index (χ1) is 9.60. The molecule has 1 atom stereocenters. The lowest BCUT2D eigenvalue weighted by atomic mass is 9.70. The molecule has 0 amide bonds. The smallest absolute Gasteiger partial charge is 0.0604 e. The molecule has 0 saturated heterocycles. The van der Waals surface area contributed by atoms with Gasteiger partial charge in [-0.15, -0.1) is 0 Å². The summed E-state index contributed by atoms with van der Waals surface area (Å²) in [6.07, 6.45) is 5.36. The summed E-state index contributed by atoms with van der Waals surface area (Å²) in [6, 6.07) is 10.2. The summed E-state index contributed by atoms with van der Waals surface area (Å²) in [5, 5.41) is 3.86. The second kappa shape index (κ2) is 5.50. The quantitative estimate of drug-likeness (QED) is 0.896. The van der Waals surface area contributed by atoms with E-state index in [1.165, 1.54) is 36.8 Å². The zero-order valence-electron chi connectivity index (χ0n) is 13.0. The second-order valence-corrected chi connectivity index (χ2v) is 6.97. The van der Waals surface area contributed by atoms with Crippen LogP contribution >= 0.6 is 0 Å². The molecule has 1 N–H and O–H groups in total. The van der Waals surface area contributed by atoms with Crippen LogP contribution in [0.25, 0.3) is 0 Å². The Balaban J connectivity index is 1.67. The van der Waals surface area contributed by atoms with Crippen LogP contribution in [0.4, 0.5) is 0 Å². The Kier molecular flexibility index (Phi) is 3.87. The summed E-state index contributed by atoms with van der Waals surface area (Å²) in [4.78, 5) is 0. The number of fused-ring (bicyclic) bond motifs is 1. The Hall–Kier alpha value is -0.860. The maximum Gasteiger partial charge on any atom is 0.0604 e. The molecule has 2 nitrogen and oxygen atoms in total. The van der Waals surface area contributed by atoms with Gasteiger partial charge in [-0.2, -0.15) is 0 Å². The van der Waals surface area contributed by atoms with Crippen LogP contribution in [0, 0.1) is 0 Å². The van der Waals surface area contributed by atoms with E-state index in [0.29, 0.717) is 23.6 Å². The van der Waals surface area contributed by atoms with Crippen molar-refractivity contribution in [1.82, 2.24) is 5.32 Å². The van der Waals surface area contributed by atoms with Crippen LogP contribution in [-0.4, -0.2) is 18.8 Å². The van der Waals surface area contributed by atoms with E-state index in [-0.39, 0.29) is 0 Å². The maximum atomic E-state index is 5.66. The summed E-state index contributed by atoms with van der Waals surface area (Å²) < 4.78 is 5.66. The molecule has 0 radical (unpaired) electrons. The third-order valence-electron chi connectivity index (χ3n) is 5.06. The highest BCUT2D eigenvalue weighted by atomic mass is 16.5. The summed E-state index contributed by atoms with van der Waals surface area (Å²) in [5.41, 5.74) is 3.37. The van der Waals surface area contributed by atoms with Gasteiger partial charge in [0.25, 0.3) is 0 Å². The molecule has 0 aliphatic heterocycles. The minimum absolute atomic E-state index is 0.322. The SMILES string of the molecule is CCOC1CC(NC2CCC(C)(C)c3ccccc32)C1. The third kappa shape index (κ3) is 2.64. The molecule has 0 heterocycles. The molecule has 3 rings (SSSR count). The van der Waals surface area contributed by atoms with Crippen molar-refractivity contribution in [2.24, 2.45) is 0 Å². The average Bonchev–Trinajstić information content (AvgIpc) is 2.39. The Morgan fingerprint density at radius 3 is 2.75 bits per heavy atom. The number of ether oxygens (including phenoxy) is 1. The van der Waals surface area contributed by atoms with Gasteiger partial charge in [-0.1, -0.05) is 38.1 Å². The second-order valence-electron chi connectivity index (χ2n) is 6.97. The molecule has 0 spiro atoms. The molecule has 1 aromatic carbocycles. The number of hydrogen-bond donors (Lipinski definition) is 1. The Morgan fingerprint density at radius 2 is 2.00 bits per heavy atom. The third-order valence-corrected chi connectivity index (χ3v) is 5.06. The van der Waals surface area contributed by atoms with E-state index in [4.69, 9.17) is 4.74 Å². The molecule has 2 heteroatoms. The van der Waals surface area contributed by atoms with Gasteiger partial charge >= 0.3 is 0 Å². The van der Waals surface area contributed by atoms with Crippen LogP contribution in [0.2, 0.25) is 0 Å². The van der Waals surface area contributed by atoms with Crippen molar-refractivity contribution in [3.8, 4) is 0 Å². The summed E-state index contributed by atoms with van der Waals surface area (Å²) in [5.74, 6) is 0. The molecule has 2 aliphatic carbocycles. The van der Waals surface area contributed by atoms with Crippen LogP contribution in [0.3, 0.4) is 0 Å². The van der Waals surface area contributed by atoms with Crippen molar-refractivity contribution in [2.75, 3.05) is 6.61 Å². The minimum Gasteiger partial charge on any atom is -0.378 e. The highest BCUT2D eigenvalue weighted by molar-refractivity contribution is 5.38. The number of nitrogens with one attached hydrogen (secondary N) is 1. The zero-order valence-corrected chi connectivity index (χ0v) is 13.0. The molecular formula is C18H27NO. The zero-order chi connectivity index (χ0) is 14.2. The standard InChI is InChI=1S/C18H27NO/c1-4-20-14-11-13(12-14)19-17-9-10-18(2,3)16-8-6-5-7-15(16)17/h5-8,13-14,17,19H,4,9-12H2,1-3H3. The molecule has 1 saturated carbocycles. The predicted molar refractivity (Wildman–Crippen MR) is 83.0 cm³/mol. The number of rotatable bonds is 4. The summed E-state index contributed by atoms with van der Waals surface area (Å²) >= 11 is 0. The van der Waals surface area contributed by atoms with Gasteiger partial charge in [0.1, 0.15) is 0 Å². The fraction of sp³-hybridized carbons (Fsp3) is 0.667. The van der Waals surface area contributed by atoms with Gasteiger partial charge in [-0.3, -0.25) is 0 Å². The monoisotopic (exact) mass is 273 g/mol. The Bertz CT molecular complexity index is 462. The van der Waals surface area contributed by atoms with E-state index in [9.17, 15) is 0 Å². The fourth-order valence-electron chi connectivity index (χ4n) is 3.74. The Morgan fingerprint density at radius 1 is 1.25 bits per heavy atom. The summed E-state index contributed by atoms with van der Waals surface area (Å²) in [7, 11) is 0. The Labute approximate surface area is 122 Å². The maximum absolute atomic E-state index is 5.66. The van der Waals surface area contributed by atoms with Crippen molar-refractivity contribution in [3.05, 3.63) is 35.4 Å². The van der Waals surface area contributed by atoms with Gasteiger partial charge in [0, 0.05) is 18.7 Å². The first kappa shape index (κ1) is 14.1. The van der Waals surface area contributed by atoms with Crippen LogP contribution in [0.15, 0.2) is 24.3 Å². The van der Waals surface area contributed by atoms with Crippen LogP contribution in [-0.2, 0) is 10.2 Å². The molecule has 20 heavy (non-hydrogen) atoms. The average molecular weight is 273 g/mol. The number of benzene rings is 1. The number of hydrogen-bond acceptors (Lipinski definition) is 2. The lowest BCUT2D eigenvalue weighted by molar-refractivity contribution is -0.0132. The van der Waals surface area contributed by atoms with Crippen LogP contribution < -0.4 is 5.32 Å². The lowest BCUT2D eigenvalue weighted by Gasteiger charge is -2.42. The highest BCUT2D eigenvalue weighted by Crippen LogP contribution is 2.42. The van der Waals surface area contributed by atoms with Gasteiger partial charge in [-0.25, -0.2) is 0 Å². The van der Waals surface area contributed by atoms with Gasteiger partial charge in [0.2, 0.25) is 0 Å². The van der Waals surface area contributed by atoms with Gasteiger partial charge in [0.15, 0.2) is 0 Å². The van der Waals surface area contributed by atoms with E-state index < -0.39 is 0 Å². The van der Waals surface area contributed by atoms with Gasteiger partial charge in [0.05, 0.1) is 6.10 Å². The molecule has 0 aromatic heterocycles. The minimum atomic E-state index is 0.322. The molecule has 2 aliphatic rings. The van der Waals surface area contributed by atoms with Crippen molar-refractivity contribution in [1.29, 1.82) is 0 Å². The molecule has 110 valence electrons. The van der Waals surface area contributed by atoms with Gasteiger partial charge in [-0.05, 0) is 49.1 Å². The van der Waals surface area contributed by atoms with Crippen molar-refractivity contribution < 1.29 is 4.74 Å². The van der Waals surface area contributed by atoms with Crippen molar-refractivity contribution in [2.45, 2.75) is 70.1 Å². The van der Waals surface area contributed by atoms with Crippen molar-refractivity contribution in [3.63, 3.8) is 0 Å². The van der Waals surface area contributed by atoms with E-state index in [2.05, 4.69) is 50.4 Å². The van der Waals surface area contributed by atoms with E-state index in [1.807, 2.05) is 0 Å². The summed E-state index contributed by atoms with van der Waals surface area (Å²) in [6.45, 7) is 7.67. The topological polar surface area (TPSA) is 21.3 Å². The normalized spacial score (nSPS) is 31.4. The van der Waals surface area contributed by atoms with Crippen LogP contribution in [0.1, 0.15) is 63.6 Å². The van der Waals surface area contributed by atoms with Crippen molar-refractivity contribution >= 4 is 0 Å². The highest BCUT2D eigenvalue weighted by Gasteiger charge is 2.36. The first-order valence-corrected chi connectivity index (χ1v) is 8.07. The predicted octanol–water partition coefficient (Wildman–Crippen LogP) is 3.96. The van der Waals surface area contributed by atoms with E-state index >= 15 is 0 Å². The van der Waals surface area contributed by atoms with E-state index in [0.717, 1.165) is 6.61 Å². The molecule has 1 fully saturated rings. The lowest BCUT2D eigenvalue weighted by Crippen LogP contribution is -2.48.